The van der Waals surface area contributed by atoms with Crippen molar-refractivity contribution in [3.05, 3.63) is 34.1 Å². The van der Waals surface area contributed by atoms with E-state index in [9.17, 15) is 14.5 Å². The van der Waals surface area contributed by atoms with Gasteiger partial charge in [-0.15, -0.1) is 0 Å². The monoisotopic (exact) mass is 216 g/mol. The highest BCUT2D eigenvalue weighted by molar-refractivity contribution is 7.97. The molecule has 0 saturated heterocycles. The van der Waals surface area contributed by atoms with Gasteiger partial charge in [0.2, 0.25) is 5.82 Å². The normalized spacial score (nSPS) is 10.6. The van der Waals surface area contributed by atoms with Crippen LogP contribution in [-0.2, 0) is 0 Å². The van der Waals surface area contributed by atoms with E-state index in [2.05, 4.69) is 0 Å². The summed E-state index contributed by atoms with van der Waals surface area (Å²) in [5, 5.41) is 10.3. The summed E-state index contributed by atoms with van der Waals surface area (Å²) in [6.45, 7) is 0. The third kappa shape index (κ3) is 2.68. The molecule has 0 aromatic heterocycles. The van der Waals surface area contributed by atoms with Crippen LogP contribution in [0.3, 0.4) is 0 Å². The molecule has 0 aliphatic heterocycles. The Balaban J connectivity index is 2.94. The summed E-state index contributed by atoms with van der Waals surface area (Å²) in [6.07, 6.45) is 0. The molecule has 0 heterocycles. The predicted molar refractivity (Wildman–Crippen MR) is 52.6 cm³/mol. The van der Waals surface area contributed by atoms with Crippen LogP contribution in [0.5, 0.6) is 0 Å². The number of nitrogens with zero attached hydrogens (tertiary/aromatic N) is 2. The maximum absolute atomic E-state index is 13.1. The van der Waals surface area contributed by atoms with Crippen molar-refractivity contribution in [3.63, 3.8) is 0 Å². The Hall–Kier alpha value is -1.14. The van der Waals surface area contributed by atoms with Crippen LogP contribution in [0.4, 0.5) is 10.1 Å². The molecule has 1 aromatic rings. The molecule has 1 aromatic carbocycles. The average Bonchev–Trinajstić information content (AvgIpc) is 2.01. The molecule has 4 nitrogen and oxygen atoms in total. The zero-order valence-corrected chi connectivity index (χ0v) is 8.55. The average molecular weight is 216 g/mol. The van der Waals surface area contributed by atoms with Gasteiger partial charge in [-0.1, -0.05) is 0 Å². The van der Waals surface area contributed by atoms with E-state index in [1.54, 1.807) is 4.31 Å². The van der Waals surface area contributed by atoms with Gasteiger partial charge >= 0.3 is 5.69 Å². The van der Waals surface area contributed by atoms with Gasteiger partial charge in [0.15, 0.2) is 0 Å². The molecule has 0 bridgehead atoms. The van der Waals surface area contributed by atoms with Crippen LogP contribution < -0.4 is 0 Å². The summed E-state index contributed by atoms with van der Waals surface area (Å²) in [5.41, 5.74) is -0.492. The van der Waals surface area contributed by atoms with Crippen molar-refractivity contribution in [1.82, 2.24) is 4.31 Å². The Kier molecular flexibility index (Phi) is 3.43. The molecule has 0 aliphatic carbocycles. The second-order valence-electron chi connectivity index (χ2n) is 2.77. The van der Waals surface area contributed by atoms with Crippen molar-refractivity contribution in [2.24, 2.45) is 0 Å². The predicted octanol–water partition coefficient (Wildman–Crippen LogP) is 2.30. The number of hydrogen-bond acceptors (Lipinski definition) is 4. The first-order valence-electron chi connectivity index (χ1n) is 3.80. The molecule has 0 fully saturated rings. The van der Waals surface area contributed by atoms with Crippen LogP contribution in [0, 0.1) is 15.9 Å². The topological polar surface area (TPSA) is 46.4 Å². The lowest BCUT2D eigenvalue weighted by atomic mass is 10.3. The molecule has 0 amide bonds. The largest absolute Gasteiger partial charge is 0.304 e. The number of nitro benzene ring substituents is 1. The maximum Gasteiger partial charge on any atom is 0.304 e. The van der Waals surface area contributed by atoms with Crippen molar-refractivity contribution in [1.29, 1.82) is 0 Å². The van der Waals surface area contributed by atoms with Crippen LogP contribution in [0.1, 0.15) is 0 Å². The lowest BCUT2D eigenvalue weighted by Gasteiger charge is -2.07. The standard InChI is InChI=1S/C8H9FN2O2S/c1-10(2)14-6-3-4-8(11(12)13)7(9)5-6/h3-5H,1-2H3. The Labute approximate surface area is 85.0 Å². The molecule has 6 heteroatoms. The minimum atomic E-state index is -0.804. The number of benzene rings is 1. The van der Waals surface area contributed by atoms with Gasteiger partial charge in [0.25, 0.3) is 0 Å². The first-order valence-corrected chi connectivity index (χ1v) is 4.57. The van der Waals surface area contributed by atoms with E-state index in [0.29, 0.717) is 4.90 Å². The summed E-state index contributed by atoms with van der Waals surface area (Å²) in [6, 6.07) is 3.84. The molecule has 0 radical (unpaired) electrons. The smallest absolute Gasteiger partial charge is 0.258 e. The zero-order valence-electron chi connectivity index (χ0n) is 7.73. The quantitative estimate of drug-likeness (QED) is 0.442. The van der Waals surface area contributed by atoms with Crippen molar-refractivity contribution >= 4 is 17.6 Å². The molecule has 0 atom stereocenters. The fourth-order valence-electron chi connectivity index (χ4n) is 0.903. The SMILES string of the molecule is CN(C)Sc1ccc([N+](=O)[O-])c(F)c1. The fraction of sp³-hybridized carbons (Fsp3) is 0.250. The molecule has 76 valence electrons. The summed E-state index contributed by atoms with van der Waals surface area (Å²) in [7, 11) is 3.62. The van der Waals surface area contributed by atoms with Crippen molar-refractivity contribution in [2.45, 2.75) is 4.90 Å². The number of halogens is 1. The van der Waals surface area contributed by atoms with Gasteiger partial charge in [-0.05, 0) is 38.2 Å². The second kappa shape index (κ2) is 4.39. The molecule has 0 aliphatic rings. The van der Waals surface area contributed by atoms with Gasteiger partial charge in [-0.2, -0.15) is 4.39 Å². The van der Waals surface area contributed by atoms with Crippen molar-refractivity contribution in [3.8, 4) is 0 Å². The molecule has 0 unspecified atom stereocenters. The van der Waals surface area contributed by atoms with Crippen LogP contribution in [0.2, 0.25) is 0 Å². The minimum absolute atomic E-state index is 0.492. The van der Waals surface area contributed by atoms with E-state index in [1.165, 1.54) is 24.1 Å². The van der Waals surface area contributed by atoms with E-state index in [4.69, 9.17) is 0 Å². The molecule has 14 heavy (non-hydrogen) atoms. The van der Waals surface area contributed by atoms with Crippen LogP contribution >= 0.6 is 11.9 Å². The molecular formula is C8H9FN2O2S. The highest BCUT2D eigenvalue weighted by atomic mass is 32.2. The lowest BCUT2D eigenvalue weighted by Crippen LogP contribution is -1.99. The Bertz CT molecular complexity index is 357. The molecule has 0 saturated carbocycles. The van der Waals surface area contributed by atoms with E-state index in [0.717, 1.165) is 6.07 Å². The van der Waals surface area contributed by atoms with Crippen molar-refractivity contribution < 1.29 is 9.31 Å². The first-order chi connectivity index (χ1) is 6.50. The number of rotatable bonds is 3. The molecule has 0 spiro atoms. The summed E-state index contributed by atoms with van der Waals surface area (Å²) < 4.78 is 14.9. The Morgan fingerprint density at radius 2 is 2.14 bits per heavy atom. The molecular weight excluding hydrogens is 207 g/mol. The molecule has 1 rings (SSSR count). The highest BCUT2D eigenvalue weighted by Gasteiger charge is 2.13. The third-order valence-electron chi connectivity index (χ3n) is 1.40. The third-order valence-corrected chi connectivity index (χ3v) is 2.23. The van der Waals surface area contributed by atoms with Crippen LogP contribution in [0.15, 0.2) is 23.1 Å². The minimum Gasteiger partial charge on any atom is -0.258 e. The Morgan fingerprint density at radius 3 is 2.57 bits per heavy atom. The Morgan fingerprint density at radius 1 is 1.50 bits per heavy atom. The maximum atomic E-state index is 13.1. The van der Waals surface area contributed by atoms with Gasteiger partial charge in [-0.3, -0.25) is 14.4 Å². The highest BCUT2D eigenvalue weighted by Crippen LogP contribution is 2.25. The van der Waals surface area contributed by atoms with Crippen molar-refractivity contribution in [2.75, 3.05) is 14.1 Å². The van der Waals surface area contributed by atoms with E-state index >= 15 is 0 Å². The van der Waals surface area contributed by atoms with Gasteiger partial charge in [0, 0.05) is 11.0 Å². The van der Waals surface area contributed by atoms with Crippen LogP contribution in [-0.4, -0.2) is 23.3 Å². The summed E-state index contributed by atoms with van der Waals surface area (Å²) >= 11 is 1.30. The van der Waals surface area contributed by atoms with E-state index in [1.807, 2.05) is 14.1 Å². The fourth-order valence-corrected chi connectivity index (χ4v) is 1.61. The number of hydrogen-bond donors (Lipinski definition) is 0. The zero-order chi connectivity index (χ0) is 10.7. The summed E-state index contributed by atoms with van der Waals surface area (Å²) in [4.78, 5) is 10.2. The van der Waals surface area contributed by atoms with Gasteiger partial charge in [0.1, 0.15) is 0 Å². The van der Waals surface area contributed by atoms with Gasteiger partial charge in [0.05, 0.1) is 4.92 Å². The first kappa shape index (κ1) is 10.9. The second-order valence-corrected chi connectivity index (χ2v) is 4.16. The van der Waals surface area contributed by atoms with E-state index < -0.39 is 16.4 Å². The van der Waals surface area contributed by atoms with Gasteiger partial charge in [-0.25, -0.2) is 0 Å². The van der Waals surface area contributed by atoms with E-state index in [-0.39, 0.29) is 0 Å². The number of nitro groups is 1. The van der Waals surface area contributed by atoms with Gasteiger partial charge < -0.3 is 0 Å². The lowest BCUT2D eigenvalue weighted by molar-refractivity contribution is -0.387. The molecule has 0 N–H and O–H groups in total. The van der Waals surface area contributed by atoms with Crippen LogP contribution in [0.25, 0.3) is 0 Å². The summed E-state index contributed by atoms with van der Waals surface area (Å²) in [5.74, 6) is -0.804.